The second kappa shape index (κ2) is 3.53. The molecular weight excluding hydrogens is 156 g/mol. The van der Waals surface area contributed by atoms with E-state index in [1.807, 2.05) is 18.3 Å². The Hall–Kier alpha value is -0.830. The zero-order valence-corrected chi connectivity index (χ0v) is 7.53. The third kappa shape index (κ3) is 2.72. The first-order valence-corrected chi connectivity index (χ1v) is 4.04. The molecule has 1 aromatic rings. The summed E-state index contributed by atoms with van der Waals surface area (Å²) in [5.41, 5.74) is 1.07. The minimum atomic E-state index is 0.451. The fraction of sp³-hybridized carbons (Fsp3) is 0.375. The van der Waals surface area contributed by atoms with Crippen molar-refractivity contribution in [3.63, 3.8) is 0 Å². The molecule has 1 rings (SSSR count). The van der Waals surface area contributed by atoms with Gasteiger partial charge in [0.25, 0.3) is 0 Å². The fourth-order valence-corrected chi connectivity index (χ4v) is 1.06. The van der Waals surface area contributed by atoms with Crippen LogP contribution in [-0.2, 0) is 0 Å². The number of hydrogen-bond donors (Lipinski definition) is 2. The van der Waals surface area contributed by atoms with Crippen molar-refractivity contribution in [2.45, 2.75) is 19.9 Å². The molecule has 0 aliphatic rings. The summed E-state index contributed by atoms with van der Waals surface area (Å²) < 4.78 is 0.760. The first-order chi connectivity index (χ1) is 5.18. The van der Waals surface area contributed by atoms with Crippen molar-refractivity contribution in [3.05, 3.63) is 23.0 Å². The molecule has 0 atom stereocenters. The Balaban J connectivity index is 2.80. The Morgan fingerprint density at radius 1 is 1.55 bits per heavy atom. The van der Waals surface area contributed by atoms with E-state index in [9.17, 15) is 0 Å². The largest absolute Gasteiger partial charge is 0.383 e. The van der Waals surface area contributed by atoms with Gasteiger partial charge in [0, 0.05) is 17.9 Å². The summed E-state index contributed by atoms with van der Waals surface area (Å²) >= 11 is 4.96. The van der Waals surface area contributed by atoms with E-state index in [1.54, 1.807) is 0 Å². The van der Waals surface area contributed by atoms with E-state index in [4.69, 9.17) is 12.2 Å². The number of nitrogens with one attached hydrogen (secondary N) is 2. The molecule has 0 fully saturated rings. The minimum Gasteiger partial charge on any atom is -0.383 e. The topological polar surface area (TPSA) is 27.8 Å². The van der Waals surface area contributed by atoms with Gasteiger partial charge in [0.2, 0.25) is 0 Å². The summed E-state index contributed by atoms with van der Waals surface area (Å²) in [5, 5.41) is 3.26. The van der Waals surface area contributed by atoms with Crippen molar-refractivity contribution in [3.8, 4) is 0 Å². The highest BCUT2D eigenvalue weighted by Gasteiger charge is 1.92. The Morgan fingerprint density at radius 2 is 2.27 bits per heavy atom. The molecule has 0 unspecified atom stereocenters. The number of anilines is 1. The van der Waals surface area contributed by atoms with E-state index in [0.29, 0.717) is 6.04 Å². The van der Waals surface area contributed by atoms with Gasteiger partial charge in [-0.2, -0.15) is 0 Å². The molecule has 0 amide bonds. The quantitative estimate of drug-likeness (QED) is 0.664. The molecule has 1 heterocycles. The van der Waals surface area contributed by atoms with Crippen LogP contribution in [0.5, 0.6) is 0 Å². The highest BCUT2D eigenvalue weighted by Crippen LogP contribution is 2.05. The molecule has 11 heavy (non-hydrogen) atoms. The first-order valence-electron chi connectivity index (χ1n) is 3.64. The lowest BCUT2D eigenvalue weighted by Crippen LogP contribution is -2.09. The van der Waals surface area contributed by atoms with Gasteiger partial charge in [-0.15, -0.1) is 0 Å². The van der Waals surface area contributed by atoms with E-state index >= 15 is 0 Å². The van der Waals surface area contributed by atoms with Gasteiger partial charge < -0.3 is 10.3 Å². The molecule has 2 N–H and O–H groups in total. The second-order valence-electron chi connectivity index (χ2n) is 2.74. The molecular formula is C8H12N2S. The predicted molar refractivity (Wildman–Crippen MR) is 50.4 cm³/mol. The van der Waals surface area contributed by atoms with Crippen LogP contribution < -0.4 is 5.32 Å². The summed E-state index contributed by atoms with van der Waals surface area (Å²) in [6.45, 7) is 4.19. The van der Waals surface area contributed by atoms with Gasteiger partial charge in [-0.1, -0.05) is 12.2 Å². The van der Waals surface area contributed by atoms with Gasteiger partial charge in [-0.05, 0) is 26.0 Å². The van der Waals surface area contributed by atoms with Gasteiger partial charge in [-0.25, -0.2) is 0 Å². The lowest BCUT2D eigenvalue weighted by atomic mass is 10.3. The van der Waals surface area contributed by atoms with Crippen LogP contribution in [0, 0.1) is 4.64 Å². The second-order valence-corrected chi connectivity index (χ2v) is 3.18. The van der Waals surface area contributed by atoms with Crippen molar-refractivity contribution >= 4 is 17.9 Å². The molecule has 0 spiro atoms. The summed E-state index contributed by atoms with van der Waals surface area (Å²) in [4.78, 5) is 2.92. The zero-order valence-electron chi connectivity index (χ0n) is 6.72. The van der Waals surface area contributed by atoms with Crippen LogP contribution in [0.25, 0.3) is 0 Å². The summed E-state index contributed by atoms with van der Waals surface area (Å²) in [7, 11) is 0. The lowest BCUT2D eigenvalue weighted by Gasteiger charge is -2.08. The van der Waals surface area contributed by atoms with Gasteiger partial charge in [0.05, 0.1) is 0 Å². The monoisotopic (exact) mass is 168 g/mol. The maximum absolute atomic E-state index is 4.96. The highest BCUT2D eigenvalue weighted by molar-refractivity contribution is 7.71. The van der Waals surface area contributed by atoms with E-state index in [0.717, 1.165) is 10.3 Å². The predicted octanol–water partition coefficient (Wildman–Crippen LogP) is 2.56. The van der Waals surface area contributed by atoms with Crippen LogP contribution in [0.4, 0.5) is 5.69 Å². The number of hydrogen-bond acceptors (Lipinski definition) is 2. The van der Waals surface area contributed by atoms with Crippen molar-refractivity contribution in [2.24, 2.45) is 0 Å². The molecule has 0 radical (unpaired) electrons. The highest BCUT2D eigenvalue weighted by atomic mass is 32.1. The van der Waals surface area contributed by atoms with Crippen LogP contribution >= 0.6 is 12.2 Å². The average Bonchev–Trinajstić information content (AvgIpc) is 1.85. The number of aromatic amines is 1. The van der Waals surface area contributed by atoms with Crippen molar-refractivity contribution in [1.82, 2.24) is 4.98 Å². The maximum atomic E-state index is 4.96. The van der Waals surface area contributed by atoms with Crippen molar-refractivity contribution < 1.29 is 0 Å². The standard InChI is InChI=1S/C8H12N2S/c1-6(2)10-7-3-4-9-8(11)5-7/h3-6H,1-2H3,(H2,9,10,11). The fourth-order valence-electron chi connectivity index (χ4n) is 0.868. The summed E-state index contributed by atoms with van der Waals surface area (Å²) in [5.74, 6) is 0. The summed E-state index contributed by atoms with van der Waals surface area (Å²) in [6, 6.07) is 4.33. The number of pyridine rings is 1. The van der Waals surface area contributed by atoms with Crippen LogP contribution in [0.1, 0.15) is 13.8 Å². The van der Waals surface area contributed by atoms with E-state index in [2.05, 4.69) is 24.1 Å². The van der Waals surface area contributed by atoms with E-state index in [-0.39, 0.29) is 0 Å². The number of H-pyrrole nitrogens is 1. The maximum Gasteiger partial charge on any atom is 0.105 e. The zero-order chi connectivity index (χ0) is 8.27. The van der Waals surface area contributed by atoms with Gasteiger partial charge in [-0.3, -0.25) is 0 Å². The Labute approximate surface area is 71.7 Å². The Morgan fingerprint density at radius 3 is 2.82 bits per heavy atom. The molecule has 0 bridgehead atoms. The third-order valence-corrected chi connectivity index (χ3v) is 1.47. The SMILES string of the molecule is CC(C)Nc1cc[nH]c(=S)c1. The average molecular weight is 168 g/mol. The molecule has 60 valence electrons. The molecule has 0 aliphatic heterocycles. The summed E-state index contributed by atoms with van der Waals surface area (Å²) in [6.07, 6.45) is 1.84. The van der Waals surface area contributed by atoms with Crippen LogP contribution in [0.3, 0.4) is 0 Å². The lowest BCUT2D eigenvalue weighted by molar-refractivity contribution is 0.898. The van der Waals surface area contributed by atoms with Crippen LogP contribution in [0.2, 0.25) is 0 Å². The number of rotatable bonds is 2. The van der Waals surface area contributed by atoms with Gasteiger partial charge >= 0.3 is 0 Å². The van der Waals surface area contributed by atoms with Crippen LogP contribution in [0.15, 0.2) is 18.3 Å². The molecule has 3 heteroatoms. The number of aromatic nitrogens is 1. The van der Waals surface area contributed by atoms with Crippen molar-refractivity contribution in [1.29, 1.82) is 0 Å². The van der Waals surface area contributed by atoms with Crippen molar-refractivity contribution in [2.75, 3.05) is 5.32 Å². The van der Waals surface area contributed by atoms with Gasteiger partial charge in [0.15, 0.2) is 0 Å². The molecule has 0 aliphatic carbocycles. The van der Waals surface area contributed by atoms with Crippen LogP contribution in [-0.4, -0.2) is 11.0 Å². The van der Waals surface area contributed by atoms with E-state index in [1.165, 1.54) is 0 Å². The molecule has 0 aromatic carbocycles. The Kier molecular flexibility index (Phi) is 2.65. The first kappa shape index (κ1) is 8.27. The molecule has 0 saturated heterocycles. The molecule has 2 nitrogen and oxygen atoms in total. The van der Waals surface area contributed by atoms with Gasteiger partial charge in [0.1, 0.15) is 4.64 Å². The molecule has 0 saturated carbocycles. The van der Waals surface area contributed by atoms with E-state index < -0.39 is 0 Å². The smallest absolute Gasteiger partial charge is 0.105 e. The Bertz CT molecular complexity index is 277. The molecule has 1 aromatic heterocycles. The third-order valence-electron chi connectivity index (χ3n) is 1.23. The minimum absolute atomic E-state index is 0.451. The normalized spacial score (nSPS) is 10.1.